The van der Waals surface area contributed by atoms with Crippen molar-refractivity contribution < 1.29 is 9.90 Å². The van der Waals surface area contributed by atoms with Gasteiger partial charge in [0.05, 0.1) is 6.61 Å². The highest BCUT2D eigenvalue weighted by Crippen LogP contribution is 2.04. The Labute approximate surface area is 95.0 Å². The third-order valence-corrected chi connectivity index (χ3v) is 1.90. The second kappa shape index (κ2) is 6.63. The van der Waals surface area contributed by atoms with Crippen molar-refractivity contribution in [2.75, 3.05) is 18.5 Å². The van der Waals surface area contributed by atoms with Crippen LogP contribution in [-0.4, -0.2) is 24.2 Å². The number of carbonyl (C=O) groups is 1. The van der Waals surface area contributed by atoms with E-state index in [2.05, 4.69) is 10.6 Å². The average molecular weight is 220 g/mol. The minimum absolute atomic E-state index is 0.0471. The predicted molar refractivity (Wildman–Crippen MR) is 63.9 cm³/mol. The zero-order valence-corrected chi connectivity index (χ0v) is 9.23. The first-order valence-electron chi connectivity index (χ1n) is 5.11. The summed E-state index contributed by atoms with van der Waals surface area (Å²) in [7, 11) is 0. The molecule has 1 aromatic carbocycles. The molecule has 16 heavy (non-hydrogen) atoms. The molecule has 4 heteroatoms. The highest BCUT2D eigenvalue weighted by atomic mass is 16.3. The van der Waals surface area contributed by atoms with Crippen LogP contribution in [0.3, 0.4) is 0 Å². The Morgan fingerprint density at radius 1 is 1.38 bits per heavy atom. The number of hydrogen-bond donors (Lipinski definition) is 3. The molecule has 0 saturated carbocycles. The van der Waals surface area contributed by atoms with Crippen molar-refractivity contribution in [3.05, 3.63) is 42.1 Å². The molecule has 0 fully saturated rings. The normalized spacial score (nSPS) is 11.0. The predicted octanol–water partition coefficient (Wildman–Crippen LogP) is 1.11. The lowest BCUT2D eigenvalue weighted by Crippen LogP contribution is -2.18. The first kappa shape index (κ1) is 12.3. The summed E-state index contributed by atoms with van der Waals surface area (Å²) in [5.74, 6) is -0.186. The molecule has 0 aromatic heterocycles. The lowest BCUT2D eigenvalue weighted by Gasteiger charge is -2.05. The number of allylic oxidation sites excluding steroid dienone is 1. The van der Waals surface area contributed by atoms with Gasteiger partial charge in [-0.15, -0.1) is 0 Å². The number of rotatable bonds is 5. The quantitative estimate of drug-likeness (QED) is 0.651. The van der Waals surface area contributed by atoms with Gasteiger partial charge >= 0.3 is 0 Å². The number of amides is 1. The lowest BCUT2D eigenvalue weighted by molar-refractivity contribution is -0.112. The van der Waals surface area contributed by atoms with Crippen molar-refractivity contribution in [3.8, 4) is 0 Å². The number of nitrogens with one attached hydrogen (secondary N) is 2. The van der Waals surface area contributed by atoms with Crippen molar-refractivity contribution in [2.24, 2.45) is 0 Å². The van der Waals surface area contributed by atoms with Gasteiger partial charge in [0, 0.05) is 24.0 Å². The summed E-state index contributed by atoms with van der Waals surface area (Å²) in [4.78, 5) is 11.5. The number of para-hydroxylation sites is 1. The van der Waals surface area contributed by atoms with Gasteiger partial charge in [0.1, 0.15) is 0 Å². The van der Waals surface area contributed by atoms with Crippen molar-refractivity contribution in [1.29, 1.82) is 0 Å². The van der Waals surface area contributed by atoms with Crippen LogP contribution in [0.2, 0.25) is 0 Å². The van der Waals surface area contributed by atoms with Gasteiger partial charge in [0.15, 0.2) is 0 Å². The van der Waals surface area contributed by atoms with E-state index in [1.807, 2.05) is 30.3 Å². The molecule has 1 aromatic rings. The zero-order valence-electron chi connectivity index (χ0n) is 9.23. The molecule has 0 aliphatic carbocycles. The Kier molecular flexibility index (Phi) is 5.08. The SMILES string of the molecule is C/C(=C/C(=O)Nc1ccccc1)NCCO. The molecule has 3 N–H and O–H groups in total. The molecule has 0 saturated heterocycles. The van der Waals surface area contributed by atoms with E-state index in [0.717, 1.165) is 11.4 Å². The molecule has 4 nitrogen and oxygen atoms in total. The molecule has 1 rings (SSSR count). The standard InChI is InChI=1S/C12H16N2O2/c1-10(13-7-8-15)9-12(16)14-11-5-3-2-4-6-11/h2-6,9,13,15H,7-8H2,1H3,(H,14,16)/b10-9-. The molecular weight excluding hydrogens is 204 g/mol. The van der Waals surface area contributed by atoms with E-state index < -0.39 is 0 Å². The van der Waals surface area contributed by atoms with Gasteiger partial charge in [-0.1, -0.05) is 18.2 Å². The van der Waals surface area contributed by atoms with Crippen LogP contribution in [-0.2, 0) is 4.79 Å². The lowest BCUT2D eigenvalue weighted by atomic mass is 10.3. The smallest absolute Gasteiger partial charge is 0.250 e. The average Bonchev–Trinajstić information content (AvgIpc) is 2.27. The fraction of sp³-hybridized carbons (Fsp3) is 0.250. The summed E-state index contributed by atoms with van der Waals surface area (Å²) in [6.45, 7) is 2.27. The van der Waals surface area contributed by atoms with Gasteiger partial charge in [-0.25, -0.2) is 0 Å². The number of aliphatic hydroxyl groups excluding tert-OH is 1. The number of aliphatic hydroxyl groups is 1. The number of carbonyl (C=O) groups excluding carboxylic acids is 1. The second-order valence-corrected chi connectivity index (χ2v) is 3.33. The molecule has 0 heterocycles. The highest BCUT2D eigenvalue weighted by molar-refractivity contribution is 5.99. The van der Waals surface area contributed by atoms with Crippen molar-refractivity contribution >= 4 is 11.6 Å². The van der Waals surface area contributed by atoms with E-state index in [-0.39, 0.29) is 12.5 Å². The summed E-state index contributed by atoms with van der Waals surface area (Å²) < 4.78 is 0. The molecule has 86 valence electrons. The van der Waals surface area contributed by atoms with Crippen LogP contribution in [0.5, 0.6) is 0 Å². The third kappa shape index (κ3) is 4.61. The van der Waals surface area contributed by atoms with Crippen LogP contribution in [0.15, 0.2) is 42.1 Å². The van der Waals surface area contributed by atoms with Gasteiger partial charge in [-0.05, 0) is 19.1 Å². The number of anilines is 1. The summed E-state index contributed by atoms with van der Waals surface area (Å²) in [6, 6.07) is 9.25. The van der Waals surface area contributed by atoms with Gasteiger partial charge in [0.2, 0.25) is 5.91 Å². The molecule has 0 spiro atoms. The highest BCUT2D eigenvalue weighted by Gasteiger charge is 1.98. The Morgan fingerprint density at radius 2 is 2.06 bits per heavy atom. The van der Waals surface area contributed by atoms with E-state index in [9.17, 15) is 4.79 Å². The van der Waals surface area contributed by atoms with Crippen molar-refractivity contribution in [3.63, 3.8) is 0 Å². The Balaban J connectivity index is 2.47. The van der Waals surface area contributed by atoms with Gasteiger partial charge in [0.25, 0.3) is 0 Å². The minimum atomic E-state index is -0.186. The Morgan fingerprint density at radius 3 is 2.69 bits per heavy atom. The van der Waals surface area contributed by atoms with E-state index in [4.69, 9.17) is 5.11 Å². The maximum atomic E-state index is 11.5. The summed E-state index contributed by atoms with van der Waals surface area (Å²) in [5, 5.41) is 14.2. The molecule has 1 amide bonds. The van der Waals surface area contributed by atoms with E-state index in [0.29, 0.717) is 6.54 Å². The second-order valence-electron chi connectivity index (χ2n) is 3.33. The van der Waals surface area contributed by atoms with Crippen LogP contribution >= 0.6 is 0 Å². The number of benzene rings is 1. The fourth-order valence-electron chi connectivity index (χ4n) is 1.20. The first-order valence-corrected chi connectivity index (χ1v) is 5.11. The van der Waals surface area contributed by atoms with Crippen LogP contribution in [0, 0.1) is 0 Å². The maximum absolute atomic E-state index is 11.5. The molecule has 0 radical (unpaired) electrons. The molecule has 0 bridgehead atoms. The Hall–Kier alpha value is -1.81. The Bertz CT molecular complexity index is 361. The third-order valence-electron chi connectivity index (χ3n) is 1.90. The fourth-order valence-corrected chi connectivity index (χ4v) is 1.20. The number of hydrogen-bond acceptors (Lipinski definition) is 3. The van der Waals surface area contributed by atoms with Crippen LogP contribution in [0.25, 0.3) is 0 Å². The topological polar surface area (TPSA) is 61.4 Å². The monoisotopic (exact) mass is 220 g/mol. The van der Waals surface area contributed by atoms with Crippen molar-refractivity contribution in [1.82, 2.24) is 5.32 Å². The maximum Gasteiger partial charge on any atom is 0.250 e. The largest absolute Gasteiger partial charge is 0.395 e. The van der Waals surface area contributed by atoms with Gasteiger partial charge in [-0.3, -0.25) is 4.79 Å². The minimum Gasteiger partial charge on any atom is -0.395 e. The zero-order chi connectivity index (χ0) is 11.8. The summed E-state index contributed by atoms with van der Waals surface area (Å²) in [6.07, 6.45) is 1.46. The molecule has 0 aliphatic rings. The molecule has 0 atom stereocenters. The van der Waals surface area contributed by atoms with E-state index in [1.54, 1.807) is 6.92 Å². The molecule has 0 aliphatic heterocycles. The van der Waals surface area contributed by atoms with Crippen LogP contribution in [0.1, 0.15) is 6.92 Å². The molecular formula is C12H16N2O2. The molecule has 0 unspecified atom stereocenters. The summed E-state index contributed by atoms with van der Waals surface area (Å²) in [5.41, 5.74) is 1.49. The van der Waals surface area contributed by atoms with Crippen LogP contribution in [0.4, 0.5) is 5.69 Å². The first-order chi connectivity index (χ1) is 7.72. The van der Waals surface area contributed by atoms with Gasteiger partial charge in [-0.2, -0.15) is 0 Å². The van der Waals surface area contributed by atoms with Crippen molar-refractivity contribution in [2.45, 2.75) is 6.92 Å². The van der Waals surface area contributed by atoms with Gasteiger partial charge < -0.3 is 15.7 Å². The summed E-state index contributed by atoms with van der Waals surface area (Å²) >= 11 is 0. The van der Waals surface area contributed by atoms with E-state index >= 15 is 0 Å². The van der Waals surface area contributed by atoms with E-state index in [1.165, 1.54) is 6.08 Å². The van der Waals surface area contributed by atoms with Crippen LogP contribution < -0.4 is 10.6 Å².